The van der Waals surface area contributed by atoms with Crippen LogP contribution in [-0.4, -0.2) is 9.78 Å². The third-order valence-corrected chi connectivity index (χ3v) is 2.74. The largest absolute Gasteiger partial charge is 0.326 e. The highest BCUT2D eigenvalue weighted by Crippen LogP contribution is 2.26. The Labute approximate surface area is 89.9 Å². The number of nitrogens with zero attached hydrogens (tertiary/aromatic N) is 2. The Balaban J connectivity index is 2.79. The smallest absolute Gasteiger partial charge is 0.0728 e. The van der Waals surface area contributed by atoms with Gasteiger partial charge >= 0.3 is 0 Å². The molecule has 0 bridgehead atoms. The van der Waals surface area contributed by atoms with Crippen LogP contribution in [0.25, 0.3) is 10.9 Å². The van der Waals surface area contributed by atoms with Gasteiger partial charge in [-0.3, -0.25) is 4.68 Å². The number of hydrogen-bond acceptors (Lipinski definition) is 2. The van der Waals surface area contributed by atoms with Gasteiger partial charge in [0.05, 0.1) is 11.2 Å². The molecular formula is C12H17N3. The zero-order valence-electron chi connectivity index (χ0n) is 9.49. The number of benzene rings is 1. The molecule has 1 aromatic carbocycles. The average Bonchev–Trinajstić information content (AvgIpc) is 2.56. The molecule has 0 saturated carbocycles. The minimum Gasteiger partial charge on any atom is -0.326 e. The van der Waals surface area contributed by atoms with Crippen LogP contribution in [0.3, 0.4) is 0 Å². The molecule has 0 radical (unpaired) electrons. The van der Waals surface area contributed by atoms with Crippen molar-refractivity contribution in [1.29, 1.82) is 0 Å². The summed E-state index contributed by atoms with van der Waals surface area (Å²) in [7, 11) is 1.98. The summed E-state index contributed by atoms with van der Waals surface area (Å²) in [6.07, 6.45) is 0. The molecule has 1 aromatic heterocycles. The summed E-state index contributed by atoms with van der Waals surface area (Å²) < 4.78 is 1.94. The maximum atomic E-state index is 5.73. The quantitative estimate of drug-likeness (QED) is 0.812. The van der Waals surface area contributed by atoms with Gasteiger partial charge in [-0.05, 0) is 11.5 Å². The molecule has 3 heteroatoms. The van der Waals surface area contributed by atoms with E-state index in [1.165, 1.54) is 10.9 Å². The third-order valence-electron chi connectivity index (χ3n) is 2.74. The van der Waals surface area contributed by atoms with Crippen molar-refractivity contribution in [1.82, 2.24) is 9.78 Å². The Morgan fingerprint density at radius 3 is 2.73 bits per heavy atom. The fourth-order valence-electron chi connectivity index (χ4n) is 2.04. The van der Waals surface area contributed by atoms with Crippen LogP contribution in [-0.2, 0) is 13.6 Å². The lowest BCUT2D eigenvalue weighted by atomic mass is 10.0. The molecular weight excluding hydrogens is 186 g/mol. The summed E-state index contributed by atoms with van der Waals surface area (Å²) in [6.45, 7) is 4.89. The number of fused-ring (bicyclic) bond motifs is 1. The number of para-hydroxylation sites is 1. The van der Waals surface area contributed by atoms with Gasteiger partial charge in [-0.15, -0.1) is 0 Å². The van der Waals surface area contributed by atoms with Crippen LogP contribution >= 0.6 is 0 Å². The lowest BCUT2D eigenvalue weighted by Crippen LogP contribution is -2.00. The molecule has 0 aliphatic heterocycles. The molecule has 2 rings (SSSR count). The molecule has 0 spiro atoms. The van der Waals surface area contributed by atoms with Crippen molar-refractivity contribution < 1.29 is 0 Å². The van der Waals surface area contributed by atoms with E-state index in [-0.39, 0.29) is 0 Å². The number of rotatable bonds is 2. The summed E-state index contributed by atoms with van der Waals surface area (Å²) in [4.78, 5) is 0. The van der Waals surface area contributed by atoms with Gasteiger partial charge in [-0.25, -0.2) is 0 Å². The molecule has 2 N–H and O–H groups in total. The Hall–Kier alpha value is -1.35. The SMILES string of the molecule is CC(C)c1nn(C)c2c(CN)cccc12. The zero-order chi connectivity index (χ0) is 11.0. The highest BCUT2D eigenvalue weighted by molar-refractivity contribution is 5.85. The van der Waals surface area contributed by atoms with Gasteiger partial charge in [-0.1, -0.05) is 32.0 Å². The molecule has 0 fully saturated rings. The van der Waals surface area contributed by atoms with Crippen molar-refractivity contribution in [3.05, 3.63) is 29.5 Å². The molecule has 3 nitrogen and oxygen atoms in total. The standard InChI is InChI=1S/C12H17N3/c1-8(2)11-10-6-4-5-9(7-13)12(10)15(3)14-11/h4-6,8H,7,13H2,1-3H3. The number of aromatic nitrogens is 2. The highest BCUT2D eigenvalue weighted by atomic mass is 15.3. The maximum Gasteiger partial charge on any atom is 0.0728 e. The van der Waals surface area contributed by atoms with Crippen molar-refractivity contribution in [2.75, 3.05) is 0 Å². The minimum absolute atomic E-state index is 0.446. The van der Waals surface area contributed by atoms with Crippen molar-refractivity contribution in [3.8, 4) is 0 Å². The molecule has 0 saturated heterocycles. The van der Waals surface area contributed by atoms with E-state index in [4.69, 9.17) is 5.73 Å². The fourth-order valence-corrected chi connectivity index (χ4v) is 2.04. The fraction of sp³-hybridized carbons (Fsp3) is 0.417. The summed E-state index contributed by atoms with van der Waals surface area (Å²) in [5, 5.41) is 5.79. The zero-order valence-corrected chi connectivity index (χ0v) is 9.49. The lowest BCUT2D eigenvalue weighted by Gasteiger charge is -2.02. The summed E-state index contributed by atoms with van der Waals surface area (Å²) in [5.41, 5.74) is 9.22. The first-order chi connectivity index (χ1) is 7.15. The topological polar surface area (TPSA) is 43.8 Å². The van der Waals surface area contributed by atoms with Crippen LogP contribution in [0, 0.1) is 0 Å². The second kappa shape index (κ2) is 3.66. The first-order valence-electron chi connectivity index (χ1n) is 5.29. The van der Waals surface area contributed by atoms with E-state index in [9.17, 15) is 0 Å². The van der Waals surface area contributed by atoms with Gasteiger partial charge in [0.25, 0.3) is 0 Å². The average molecular weight is 203 g/mol. The maximum absolute atomic E-state index is 5.73. The second-order valence-corrected chi connectivity index (χ2v) is 4.18. The predicted molar refractivity (Wildman–Crippen MR) is 62.7 cm³/mol. The molecule has 1 heterocycles. The van der Waals surface area contributed by atoms with Gasteiger partial charge in [-0.2, -0.15) is 5.10 Å². The minimum atomic E-state index is 0.446. The normalized spacial score (nSPS) is 11.5. The Morgan fingerprint density at radius 1 is 1.40 bits per heavy atom. The lowest BCUT2D eigenvalue weighted by molar-refractivity contribution is 0.727. The number of hydrogen-bond donors (Lipinski definition) is 1. The predicted octanol–water partition coefficient (Wildman–Crippen LogP) is 2.16. The van der Waals surface area contributed by atoms with Crippen LogP contribution in [0.5, 0.6) is 0 Å². The summed E-state index contributed by atoms with van der Waals surface area (Å²) >= 11 is 0. The first-order valence-corrected chi connectivity index (χ1v) is 5.29. The van der Waals surface area contributed by atoms with E-state index in [0.717, 1.165) is 11.3 Å². The van der Waals surface area contributed by atoms with Crippen LogP contribution in [0.4, 0.5) is 0 Å². The Kier molecular flexibility index (Phi) is 2.49. The van der Waals surface area contributed by atoms with E-state index in [0.29, 0.717) is 12.5 Å². The summed E-state index contributed by atoms with van der Waals surface area (Å²) in [6, 6.07) is 6.24. The van der Waals surface area contributed by atoms with Crippen molar-refractivity contribution in [2.24, 2.45) is 12.8 Å². The van der Waals surface area contributed by atoms with Gasteiger partial charge < -0.3 is 5.73 Å². The van der Waals surface area contributed by atoms with E-state index in [2.05, 4.69) is 37.1 Å². The van der Waals surface area contributed by atoms with Gasteiger partial charge in [0.1, 0.15) is 0 Å². The van der Waals surface area contributed by atoms with Gasteiger partial charge in [0, 0.05) is 19.0 Å². The van der Waals surface area contributed by atoms with Crippen LogP contribution in [0.2, 0.25) is 0 Å². The Morgan fingerprint density at radius 2 is 2.13 bits per heavy atom. The monoisotopic (exact) mass is 203 g/mol. The summed E-state index contributed by atoms with van der Waals surface area (Å²) in [5.74, 6) is 0.446. The molecule has 15 heavy (non-hydrogen) atoms. The van der Waals surface area contributed by atoms with Crippen molar-refractivity contribution in [3.63, 3.8) is 0 Å². The van der Waals surface area contributed by atoms with Gasteiger partial charge in [0.2, 0.25) is 0 Å². The Bertz CT molecular complexity index is 483. The third kappa shape index (κ3) is 1.53. The molecule has 0 unspecified atom stereocenters. The molecule has 2 aromatic rings. The second-order valence-electron chi connectivity index (χ2n) is 4.18. The molecule has 80 valence electrons. The van der Waals surface area contributed by atoms with Gasteiger partial charge in [0.15, 0.2) is 0 Å². The van der Waals surface area contributed by atoms with Crippen LogP contribution in [0.1, 0.15) is 31.0 Å². The number of nitrogens with two attached hydrogens (primary N) is 1. The van der Waals surface area contributed by atoms with Crippen LogP contribution in [0.15, 0.2) is 18.2 Å². The van der Waals surface area contributed by atoms with Crippen LogP contribution < -0.4 is 5.73 Å². The molecule has 0 aliphatic carbocycles. The molecule has 0 amide bonds. The molecule has 0 atom stereocenters. The number of aryl methyl sites for hydroxylation is 1. The van der Waals surface area contributed by atoms with E-state index >= 15 is 0 Å². The highest BCUT2D eigenvalue weighted by Gasteiger charge is 2.13. The van der Waals surface area contributed by atoms with E-state index in [1.54, 1.807) is 0 Å². The molecule has 0 aliphatic rings. The van der Waals surface area contributed by atoms with Crippen molar-refractivity contribution in [2.45, 2.75) is 26.3 Å². The van der Waals surface area contributed by atoms with E-state index < -0.39 is 0 Å². The van der Waals surface area contributed by atoms with Crippen molar-refractivity contribution >= 4 is 10.9 Å². The first kappa shape index (κ1) is 10.2. The van der Waals surface area contributed by atoms with E-state index in [1.807, 2.05) is 11.7 Å².